The van der Waals surface area contributed by atoms with Crippen LogP contribution in [-0.4, -0.2) is 24.9 Å². The summed E-state index contributed by atoms with van der Waals surface area (Å²) in [5.74, 6) is -2.98. The molecular formula is C22H23N2O5-. The van der Waals surface area contributed by atoms with Gasteiger partial charge in [0, 0.05) is 17.8 Å². The number of hydrogen-bond acceptors (Lipinski definition) is 5. The van der Waals surface area contributed by atoms with E-state index >= 15 is 0 Å². The number of anilines is 2. The normalized spacial score (nSPS) is 18.5. The van der Waals surface area contributed by atoms with Gasteiger partial charge in [-0.05, 0) is 37.1 Å². The van der Waals surface area contributed by atoms with E-state index in [4.69, 9.17) is 4.74 Å². The van der Waals surface area contributed by atoms with Crippen LogP contribution in [0, 0.1) is 11.8 Å². The van der Waals surface area contributed by atoms with Crippen molar-refractivity contribution in [1.82, 2.24) is 0 Å². The molecule has 0 radical (unpaired) electrons. The molecule has 0 spiro atoms. The number of aliphatic carboxylic acids is 1. The first-order valence-corrected chi connectivity index (χ1v) is 9.56. The first-order valence-electron chi connectivity index (χ1n) is 9.56. The summed E-state index contributed by atoms with van der Waals surface area (Å²) in [4.78, 5) is 37.0. The number of para-hydroxylation sites is 3. The predicted octanol–water partition coefficient (Wildman–Crippen LogP) is 2.44. The lowest BCUT2D eigenvalue weighted by molar-refractivity contribution is -0.313. The molecule has 1 fully saturated rings. The molecule has 7 nitrogen and oxygen atoms in total. The summed E-state index contributed by atoms with van der Waals surface area (Å²) in [7, 11) is 1.51. The number of carboxylic acid groups (broad SMARTS) is 1. The standard InChI is InChI=1S/C22H24N2O5/c1-29-19-13-7-6-12-18(19)24-21(26)16-10-4-5-11-17(16)23-20(25)14-8-2-3-9-15(14)22(27)28/h4-7,10-15H,2-3,8-9H2,1H3,(H,23,25)(H,24,26)(H,27,28)/p-1/t14-,15-/m1/s1. The van der Waals surface area contributed by atoms with Gasteiger partial charge in [0.15, 0.2) is 0 Å². The molecule has 0 bridgehead atoms. The summed E-state index contributed by atoms with van der Waals surface area (Å²) in [5, 5.41) is 16.9. The minimum absolute atomic E-state index is 0.271. The third-order valence-electron chi connectivity index (χ3n) is 5.19. The first kappa shape index (κ1) is 20.4. The quantitative estimate of drug-likeness (QED) is 0.781. The van der Waals surface area contributed by atoms with E-state index in [1.807, 2.05) is 0 Å². The van der Waals surface area contributed by atoms with Gasteiger partial charge in [0.05, 0.1) is 24.0 Å². The van der Waals surface area contributed by atoms with Crippen LogP contribution in [0.2, 0.25) is 0 Å². The molecule has 1 aliphatic carbocycles. The molecule has 0 heterocycles. The topological polar surface area (TPSA) is 108 Å². The zero-order valence-electron chi connectivity index (χ0n) is 16.1. The molecule has 29 heavy (non-hydrogen) atoms. The van der Waals surface area contributed by atoms with Crippen LogP contribution in [0.25, 0.3) is 0 Å². The highest BCUT2D eigenvalue weighted by molar-refractivity contribution is 6.10. The van der Waals surface area contributed by atoms with E-state index in [2.05, 4.69) is 10.6 Å². The maximum Gasteiger partial charge on any atom is 0.257 e. The monoisotopic (exact) mass is 395 g/mol. The van der Waals surface area contributed by atoms with Crippen LogP contribution in [-0.2, 0) is 9.59 Å². The third-order valence-corrected chi connectivity index (χ3v) is 5.19. The van der Waals surface area contributed by atoms with Crippen LogP contribution in [0.5, 0.6) is 5.75 Å². The van der Waals surface area contributed by atoms with E-state index in [0.29, 0.717) is 30.0 Å². The van der Waals surface area contributed by atoms with Crippen LogP contribution < -0.4 is 20.5 Å². The Morgan fingerprint density at radius 1 is 0.897 bits per heavy atom. The van der Waals surface area contributed by atoms with Crippen molar-refractivity contribution >= 4 is 29.2 Å². The second-order valence-electron chi connectivity index (χ2n) is 7.01. The molecule has 0 aromatic heterocycles. The maximum atomic E-state index is 12.8. The Morgan fingerprint density at radius 3 is 2.21 bits per heavy atom. The van der Waals surface area contributed by atoms with Gasteiger partial charge < -0.3 is 25.3 Å². The highest BCUT2D eigenvalue weighted by Gasteiger charge is 2.32. The SMILES string of the molecule is COc1ccccc1NC(=O)c1ccccc1NC(=O)[C@@H]1CCCC[C@H]1C(=O)[O-]. The predicted molar refractivity (Wildman–Crippen MR) is 106 cm³/mol. The maximum absolute atomic E-state index is 12.8. The Bertz CT molecular complexity index is 912. The van der Waals surface area contributed by atoms with Crippen LogP contribution in [0.15, 0.2) is 48.5 Å². The lowest BCUT2D eigenvalue weighted by Gasteiger charge is -2.31. The minimum atomic E-state index is -1.20. The molecule has 0 unspecified atom stereocenters. The van der Waals surface area contributed by atoms with Crippen molar-refractivity contribution in [3.8, 4) is 5.75 Å². The zero-order valence-corrected chi connectivity index (χ0v) is 16.1. The van der Waals surface area contributed by atoms with Crippen LogP contribution in [0.4, 0.5) is 11.4 Å². The van der Waals surface area contributed by atoms with E-state index < -0.39 is 29.6 Å². The fourth-order valence-corrected chi connectivity index (χ4v) is 3.68. The number of amides is 2. The molecule has 0 aliphatic heterocycles. The third kappa shape index (κ3) is 4.74. The van der Waals surface area contributed by atoms with Crippen LogP contribution >= 0.6 is 0 Å². The molecule has 2 atom stereocenters. The molecule has 2 aromatic rings. The molecule has 2 amide bonds. The van der Waals surface area contributed by atoms with Gasteiger partial charge in [-0.1, -0.05) is 37.1 Å². The second kappa shape index (κ2) is 9.23. The smallest absolute Gasteiger partial charge is 0.257 e. The number of methoxy groups -OCH3 is 1. The van der Waals surface area contributed by atoms with Gasteiger partial charge in [-0.25, -0.2) is 0 Å². The summed E-state index contributed by atoms with van der Waals surface area (Å²) in [6, 6.07) is 13.6. The van der Waals surface area contributed by atoms with E-state index in [1.54, 1.807) is 48.5 Å². The zero-order chi connectivity index (χ0) is 20.8. The van der Waals surface area contributed by atoms with Crippen molar-refractivity contribution in [1.29, 1.82) is 0 Å². The number of ether oxygens (including phenoxy) is 1. The number of rotatable bonds is 6. The summed E-state index contributed by atoms with van der Waals surface area (Å²) < 4.78 is 5.24. The van der Waals surface area contributed by atoms with Crippen molar-refractivity contribution in [3.63, 3.8) is 0 Å². The van der Waals surface area contributed by atoms with Crippen LogP contribution in [0.3, 0.4) is 0 Å². The van der Waals surface area contributed by atoms with Crippen molar-refractivity contribution in [2.75, 3.05) is 17.7 Å². The molecule has 0 saturated heterocycles. The van der Waals surface area contributed by atoms with Gasteiger partial charge in [-0.2, -0.15) is 0 Å². The fourth-order valence-electron chi connectivity index (χ4n) is 3.68. The highest BCUT2D eigenvalue weighted by Crippen LogP contribution is 2.31. The number of carbonyl (C=O) groups excluding carboxylic acids is 3. The van der Waals surface area contributed by atoms with Crippen molar-refractivity contribution in [3.05, 3.63) is 54.1 Å². The average molecular weight is 395 g/mol. The Balaban J connectivity index is 1.79. The average Bonchev–Trinajstić information content (AvgIpc) is 2.74. The number of carbonyl (C=O) groups is 3. The molecule has 1 saturated carbocycles. The molecule has 2 aromatic carbocycles. The van der Waals surface area contributed by atoms with Gasteiger partial charge in [0.25, 0.3) is 5.91 Å². The summed E-state index contributed by atoms with van der Waals surface area (Å²) >= 11 is 0. The number of hydrogen-bond donors (Lipinski definition) is 2. The summed E-state index contributed by atoms with van der Waals surface area (Å²) in [6.45, 7) is 0. The number of benzene rings is 2. The van der Waals surface area contributed by atoms with Crippen molar-refractivity contribution < 1.29 is 24.2 Å². The highest BCUT2D eigenvalue weighted by atomic mass is 16.5. The van der Waals surface area contributed by atoms with E-state index in [9.17, 15) is 19.5 Å². The largest absolute Gasteiger partial charge is 0.550 e. The molecular weight excluding hydrogens is 372 g/mol. The Morgan fingerprint density at radius 2 is 1.52 bits per heavy atom. The van der Waals surface area contributed by atoms with Gasteiger partial charge in [0.2, 0.25) is 5.91 Å². The minimum Gasteiger partial charge on any atom is -0.550 e. The summed E-state index contributed by atoms with van der Waals surface area (Å²) in [6.07, 6.45) is 2.47. The van der Waals surface area contributed by atoms with Gasteiger partial charge in [-0.15, -0.1) is 0 Å². The van der Waals surface area contributed by atoms with E-state index in [-0.39, 0.29) is 5.56 Å². The number of carboxylic acids is 1. The van der Waals surface area contributed by atoms with E-state index in [0.717, 1.165) is 12.8 Å². The summed E-state index contributed by atoms with van der Waals surface area (Å²) in [5.41, 5.74) is 1.10. The fraction of sp³-hybridized carbons (Fsp3) is 0.318. The lowest BCUT2D eigenvalue weighted by Crippen LogP contribution is -2.42. The number of nitrogens with one attached hydrogen (secondary N) is 2. The Labute approximate surface area is 169 Å². The molecule has 2 N–H and O–H groups in total. The second-order valence-corrected chi connectivity index (χ2v) is 7.01. The van der Waals surface area contributed by atoms with Gasteiger partial charge in [-0.3, -0.25) is 9.59 Å². The Kier molecular flexibility index (Phi) is 6.49. The first-order chi connectivity index (χ1) is 14.0. The Hall–Kier alpha value is -3.35. The molecule has 7 heteroatoms. The molecule has 152 valence electrons. The van der Waals surface area contributed by atoms with Crippen molar-refractivity contribution in [2.24, 2.45) is 11.8 Å². The van der Waals surface area contributed by atoms with Gasteiger partial charge >= 0.3 is 0 Å². The van der Waals surface area contributed by atoms with Gasteiger partial charge in [0.1, 0.15) is 5.75 Å². The lowest BCUT2D eigenvalue weighted by atomic mass is 9.78. The molecule has 3 rings (SSSR count). The van der Waals surface area contributed by atoms with Crippen molar-refractivity contribution in [2.45, 2.75) is 25.7 Å². The molecule has 1 aliphatic rings. The van der Waals surface area contributed by atoms with Crippen LogP contribution in [0.1, 0.15) is 36.0 Å². The van der Waals surface area contributed by atoms with E-state index in [1.165, 1.54) is 7.11 Å².